The quantitative estimate of drug-likeness (QED) is 0.623. The molecule has 3 nitrogen and oxygen atoms in total. The molecule has 1 fully saturated rings. The summed E-state index contributed by atoms with van der Waals surface area (Å²) >= 11 is 0. The van der Waals surface area contributed by atoms with Gasteiger partial charge in [0.25, 0.3) is 6.47 Å². The first-order chi connectivity index (χ1) is 5.35. The second kappa shape index (κ2) is 7.54. The predicted octanol–water partition coefficient (Wildman–Crippen LogP) is 0.958. The molecule has 3 heteroatoms. The van der Waals surface area contributed by atoms with Crippen LogP contribution in [0.4, 0.5) is 0 Å². The Bertz CT molecular complexity index is 89.3. The first-order valence-electron chi connectivity index (χ1n) is 4.01. The highest BCUT2D eigenvalue weighted by atomic mass is 16.5. The van der Waals surface area contributed by atoms with Crippen LogP contribution < -0.4 is 0 Å². The van der Waals surface area contributed by atoms with Crippen LogP contribution in [0.5, 0.6) is 0 Å². The zero-order chi connectivity index (χ0) is 8.53. The molecule has 0 amide bonds. The van der Waals surface area contributed by atoms with Gasteiger partial charge in [0.05, 0.1) is 6.61 Å². The van der Waals surface area contributed by atoms with Gasteiger partial charge in [-0.3, -0.25) is 4.79 Å². The van der Waals surface area contributed by atoms with E-state index in [4.69, 9.17) is 5.11 Å². The lowest BCUT2D eigenvalue weighted by atomic mass is 10.3. The Hall–Kier alpha value is -0.570. The van der Waals surface area contributed by atoms with Crippen molar-refractivity contribution < 1.29 is 14.6 Å². The number of hydrogen-bond acceptors (Lipinski definition) is 3. The Labute approximate surface area is 67.4 Å². The number of hydrogen-bond donors (Lipinski definition) is 1. The second-order valence-electron chi connectivity index (χ2n) is 2.51. The molecule has 0 saturated heterocycles. The third kappa shape index (κ3) is 9.43. The third-order valence-corrected chi connectivity index (χ3v) is 1.47. The predicted molar refractivity (Wildman–Crippen MR) is 42.1 cm³/mol. The minimum atomic E-state index is 0.394. The fourth-order valence-electron chi connectivity index (χ4n) is 0.657. The van der Waals surface area contributed by atoms with Gasteiger partial charge in [-0.1, -0.05) is 12.8 Å². The zero-order valence-corrected chi connectivity index (χ0v) is 6.95. The van der Waals surface area contributed by atoms with Crippen LogP contribution in [0, 0.1) is 5.92 Å². The molecule has 1 N–H and O–H groups in total. The van der Waals surface area contributed by atoms with Crippen LogP contribution in [0.15, 0.2) is 0 Å². The molecule has 0 aliphatic heterocycles. The number of aliphatic hydroxyl groups is 1. The fourth-order valence-corrected chi connectivity index (χ4v) is 0.657. The molecule has 0 heterocycles. The SMILES string of the molecule is CCOC=O.OCCC1CC1. The van der Waals surface area contributed by atoms with E-state index in [1.165, 1.54) is 12.8 Å². The number of carbonyl (C=O) groups is 1. The van der Waals surface area contributed by atoms with E-state index in [0.717, 1.165) is 12.3 Å². The van der Waals surface area contributed by atoms with Gasteiger partial charge in [-0.15, -0.1) is 0 Å². The number of carbonyl (C=O) groups excluding carboxylic acids is 1. The van der Waals surface area contributed by atoms with Crippen LogP contribution in [-0.4, -0.2) is 24.8 Å². The molecule has 0 bridgehead atoms. The van der Waals surface area contributed by atoms with Crippen molar-refractivity contribution in [2.24, 2.45) is 5.92 Å². The first-order valence-corrected chi connectivity index (χ1v) is 4.01. The molecule has 1 aliphatic carbocycles. The molecule has 1 aliphatic rings. The Morgan fingerprint density at radius 1 is 1.64 bits per heavy atom. The van der Waals surface area contributed by atoms with Crippen LogP contribution >= 0.6 is 0 Å². The summed E-state index contributed by atoms with van der Waals surface area (Å²) < 4.78 is 4.15. The molecular formula is C8H16O3. The lowest BCUT2D eigenvalue weighted by Crippen LogP contribution is -1.80. The molecule has 11 heavy (non-hydrogen) atoms. The molecule has 0 aromatic rings. The second-order valence-corrected chi connectivity index (χ2v) is 2.51. The van der Waals surface area contributed by atoms with E-state index in [0.29, 0.717) is 19.7 Å². The monoisotopic (exact) mass is 160 g/mol. The van der Waals surface area contributed by atoms with E-state index < -0.39 is 0 Å². The van der Waals surface area contributed by atoms with E-state index >= 15 is 0 Å². The van der Waals surface area contributed by atoms with Crippen molar-refractivity contribution in [2.45, 2.75) is 26.2 Å². The molecule has 1 saturated carbocycles. The highest BCUT2D eigenvalue weighted by Crippen LogP contribution is 2.31. The highest BCUT2D eigenvalue weighted by Gasteiger charge is 2.19. The Balaban J connectivity index is 0.000000187. The maximum Gasteiger partial charge on any atom is 0.293 e. The first kappa shape index (κ1) is 10.4. The highest BCUT2D eigenvalue weighted by molar-refractivity contribution is 5.36. The van der Waals surface area contributed by atoms with Gasteiger partial charge in [-0.25, -0.2) is 0 Å². The lowest BCUT2D eigenvalue weighted by molar-refractivity contribution is -0.128. The van der Waals surface area contributed by atoms with Crippen molar-refractivity contribution in [3.05, 3.63) is 0 Å². The Morgan fingerprint density at radius 2 is 2.27 bits per heavy atom. The van der Waals surface area contributed by atoms with Crippen LogP contribution in [0.1, 0.15) is 26.2 Å². The van der Waals surface area contributed by atoms with Crippen LogP contribution in [0.25, 0.3) is 0 Å². The summed E-state index contributed by atoms with van der Waals surface area (Å²) in [5.41, 5.74) is 0. The summed E-state index contributed by atoms with van der Waals surface area (Å²) in [7, 11) is 0. The summed E-state index contributed by atoms with van der Waals surface area (Å²) in [5.74, 6) is 0.898. The van der Waals surface area contributed by atoms with Crippen molar-refractivity contribution in [3.8, 4) is 0 Å². The van der Waals surface area contributed by atoms with Crippen LogP contribution in [0.3, 0.4) is 0 Å². The van der Waals surface area contributed by atoms with Crippen molar-refractivity contribution in [3.63, 3.8) is 0 Å². The summed E-state index contributed by atoms with van der Waals surface area (Å²) in [4.78, 5) is 9.18. The topological polar surface area (TPSA) is 46.5 Å². The van der Waals surface area contributed by atoms with E-state index in [1.807, 2.05) is 0 Å². The van der Waals surface area contributed by atoms with E-state index in [1.54, 1.807) is 6.92 Å². The van der Waals surface area contributed by atoms with Gasteiger partial charge in [-0.05, 0) is 19.3 Å². The van der Waals surface area contributed by atoms with Gasteiger partial charge in [0.15, 0.2) is 0 Å². The molecule has 0 unspecified atom stereocenters. The number of aliphatic hydroxyl groups excluding tert-OH is 1. The Morgan fingerprint density at radius 3 is 2.36 bits per heavy atom. The van der Waals surface area contributed by atoms with Crippen molar-refractivity contribution in [1.82, 2.24) is 0 Å². The van der Waals surface area contributed by atoms with Crippen molar-refractivity contribution in [2.75, 3.05) is 13.2 Å². The summed E-state index contributed by atoms with van der Waals surface area (Å²) in [6.07, 6.45) is 3.76. The zero-order valence-electron chi connectivity index (χ0n) is 6.95. The average Bonchev–Trinajstić information content (AvgIpc) is 2.76. The molecular weight excluding hydrogens is 144 g/mol. The van der Waals surface area contributed by atoms with Crippen LogP contribution in [0.2, 0.25) is 0 Å². The molecule has 0 aromatic heterocycles. The molecule has 0 atom stereocenters. The molecule has 1 rings (SSSR count). The molecule has 66 valence electrons. The normalized spacial score (nSPS) is 14.7. The van der Waals surface area contributed by atoms with E-state index in [2.05, 4.69) is 4.74 Å². The standard InChI is InChI=1S/C5H10O.C3H6O2/c6-4-3-5-1-2-5;1-2-5-3-4/h5-6H,1-4H2;3H,2H2,1H3. The molecule has 0 radical (unpaired) electrons. The fraction of sp³-hybridized carbons (Fsp3) is 0.875. The minimum absolute atomic E-state index is 0.394. The summed E-state index contributed by atoms with van der Waals surface area (Å²) in [5, 5.41) is 8.28. The smallest absolute Gasteiger partial charge is 0.293 e. The Kier molecular flexibility index (Phi) is 7.15. The number of rotatable bonds is 4. The number of ether oxygens (including phenoxy) is 1. The summed E-state index contributed by atoms with van der Waals surface area (Å²) in [6.45, 7) is 3.06. The maximum atomic E-state index is 9.18. The van der Waals surface area contributed by atoms with Gasteiger partial charge >= 0.3 is 0 Å². The van der Waals surface area contributed by atoms with Crippen molar-refractivity contribution in [1.29, 1.82) is 0 Å². The molecule has 0 spiro atoms. The van der Waals surface area contributed by atoms with Gasteiger partial charge in [-0.2, -0.15) is 0 Å². The van der Waals surface area contributed by atoms with Gasteiger partial charge in [0.1, 0.15) is 0 Å². The van der Waals surface area contributed by atoms with E-state index in [-0.39, 0.29) is 0 Å². The maximum absolute atomic E-state index is 9.18. The summed E-state index contributed by atoms with van der Waals surface area (Å²) in [6, 6.07) is 0. The van der Waals surface area contributed by atoms with Crippen LogP contribution in [-0.2, 0) is 9.53 Å². The van der Waals surface area contributed by atoms with Gasteiger partial charge in [0.2, 0.25) is 0 Å². The van der Waals surface area contributed by atoms with Gasteiger partial charge < -0.3 is 9.84 Å². The largest absolute Gasteiger partial charge is 0.468 e. The molecule has 0 aromatic carbocycles. The minimum Gasteiger partial charge on any atom is -0.468 e. The lowest BCUT2D eigenvalue weighted by Gasteiger charge is -1.82. The average molecular weight is 160 g/mol. The van der Waals surface area contributed by atoms with Gasteiger partial charge in [0, 0.05) is 6.61 Å². The van der Waals surface area contributed by atoms with E-state index in [9.17, 15) is 4.79 Å². The van der Waals surface area contributed by atoms with Crippen molar-refractivity contribution >= 4 is 6.47 Å². The third-order valence-electron chi connectivity index (χ3n) is 1.47.